The number of aryl methyl sites for hydroxylation is 1. The van der Waals surface area contributed by atoms with Gasteiger partial charge in [-0.1, -0.05) is 6.07 Å². The highest BCUT2D eigenvalue weighted by atomic mass is 32.2. The van der Waals surface area contributed by atoms with Gasteiger partial charge in [0.25, 0.3) is 5.56 Å². The van der Waals surface area contributed by atoms with Gasteiger partial charge in [-0.25, -0.2) is 17.7 Å². The Kier molecular flexibility index (Phi) is 4.63. The van der Waals surface area contributed by atoms with E-state index in [1.165, 1.54) is 40.2 Å². The van der Waals surface area contributed by atoms with Crippen molar-refractivity contribution in [3.05, 3.63) is 57.5 Å². The monoisotopic (exact) mass is 378 g/mol. The van der Waals surface area contributed by atoms with Crippen LogP contribution in [0, 0.1) is 6.92 Å². The third-order valence-electron chi connectivity index (χ3n) is 3.78. The summed E-state index contributed by atoms with van der Waals surface area (Å²) < 4.78 is 27.4. The Bertz CT molecular complexity index is 1080. The largest absolute Gasteiger partial charge is 0.379 e. The molecule has 0 unspecified atom stereocenters. The molecule has 0 amide bonds. The van der Waals surface area contributed by atoms with E-state index in [9.17, 15) is 13.2 Å². The summed E-state index contributed by atoms with van der Waals surface area (Å²) in [5.41, 5.74) is 1.79. The summed E-state index contributed by atoms with van der Waals surface area (Å²) in [6, 6.07) is 6.63. The lowest BCUT2D eigenvalue weighted by Gasteiger charge is -2.15. The molecule has 0 fully saturated rings. The lowest BCUT2D eigenvalue weighted by Crippen LogP contribution is -2.23. The van der Waals surface area contributed by atoms with Gasteiger partial charge in [-0.05, 0) is 24.6 Å². The molecule has 0 aliphatic carbocycles. The molecule has 9 heteroatoms. The highest BCUT2D eigenvalue weighted by Gasteiger charge is 2.20. The van der Waals surface area contributed by atoms with Crippen LogP contribution in [0.4, 0.5) is 5.69 Å². The molecule has 3 aromatic rings. The maximum Gasteiger partial charge on any atom is 0.258 e. The number of hydrogen-bond acceptors (Lipinski definition) is 6. The zero-order valence-corrected chi connectivity index (χ0v) is 15.7. The predicted molar refractivity (Wildman–Crippen MR) is 98.7 cm³/mol. The Labute approximate surface area is 149 Å². The van der Waals surface area contributed by atoms with Crippen LogP contribution in [0.3, 0.4) is 0 Å². The summed E-state index contributed by atoms with van der Waals surface area (Å²) in [7, 11) is -0.510. The molecule has 0 spiro atoms. The lowest BCUT2D eigenvalue weighted by atomic mass is 10.2. The molecular weight excluding hydrogens is 360 g/mol. The summed E-state index contributed by atoms with van der Waals surface area (Å²) in [6.45, 7) is 2.08. The maximum absolute atomic E-state index is 12.4. The molecule has 2 aromatic heterocycles. The van der Waals surface area contributed by atoms with Crippen molar-refractivity contribution in [2.24, 2.45) is 0 Å². The fraction of sp³-hybridized carbons (Fsp3) is 0.250. The molecule has 7 nitrogen and oxygen atoms in total. The third kappa shape index (κ3) is 3.44. The number of nitrogens with one attached hydrogen (secondary N) is 1. The number of sulfonamides is 1. The quantitative estimate of drug-likeness (QED) is 0.733. The summed E-state index contributed by atoms with van der Waals surface area (Å²) >= 11 is 1.39. The molecular formula is C16H18N4O3S2. The summed E-state index contributed by atoms with van der Waals surface area (Å²) in [5, 5.41) is 4.94. The zero-order chi connectivity index (χ0) is 18.2. The predicted octanol–water partition coefficient (Wildman–Crippen LogP) is 1.93. The van der Waals surface area contributed by atoms with Crippen molar-refractivity contribution in [1.29, 1.82) is 0 Å². The molecule has 3 rings (SSSR count). The van der Waals surface area contributed by atoms with E-state index >= 15 is 0 Å². The van der Waals surface area contributed by atoms with Crippen molar-refractivity contribution in [2.45, 2.75) is 18.4 Å². The Balaban J connectivity index is 1.87. The number of nitrogens with zero attached hydrogens (tertiary/aromatic N) is 3. The van der Waals surface area contributed by atoms with Crippen LogP contribution in [0.25, 0.3) is 4.96 Å². The summed E-state index contributed by atoms with van der Waals surface area (Å²) in [6.07, 6.45) is 1.69. The number of anilines is 1. The van der Waals surface area contributed by atoms with Gasteiger partial charge in [0, 0.05) is 37.4 Å². The van der Waals surface area contributed by atoms with Gasteiger partial charge in [0.2, 0.25) is 10.0 Å². The number of thiazole rings is 1. The zero-order valence-electron chi connectivity index (χ0n) is 14.1. The van der Waals surface area contributed by atoms with Gasteiger partial charge < -0.3 is 5.32 Å². The second-order valence-electron chi connectivity index (χ2n) is 5.76. The first-order valence-corrected chi connectivity index (χ1v) is 9.84. The van der Waals surface area contributed by atoms with E-state index in [0.717, 1.165) is 0 Å². The molecule has 0 aliphatic heterocycles. The first-order chi connectivity index (χ1) is 11.8. The summed E-state index contributed by atoms with van der Waals surface area (Å²) in [4.78, 5) is 17.3. The van der Waals surface area contributed by atoms with Crippen molar-refractivity contribution < 1.29 is 8.42 Å². The Morgan fingerprint density at radius 2 is 2.04 bits per heavy atom. The van der Waals surface area contributed by atoms with Crippen molar-refractivity contribution in [1.82, 2.24) is 13.7 Å². The highest BCUT2D eigenvalue weighted by molar-refractivity contribution is 7.89. The second-order valence-corrected chi connectivity index (χ2v) is 8.76. The molecule has 0 saturated carbocycles. The third-order valence-corrected chi connectivity index (χ3v) is 6.49. The van der Waals surface area contributed by atoms with Crippen LogP contribution in [-0.4, -0.2) is 36.2 Å². The standard InChI is InChI=1S/C16H18N4O3S2/c1-11-4-5-12(8-14(11)25(22,23)19(2)3)17-10-13-9-15(21)20-6-7-24-16(20)18-13/h4-9,17H,10H2,1-3H3. The van der Waals surface area contributed by atoms with Gasteiger partial charge in [0.15, 0.2) is 4.96 Å². The normalized spacial score (nSPS) is 12.0. The first kappa shape index (κ1) is 17.6. The number of aromatic nitrogens is 2. The van der Waals surface area contributed by atoms with Gasteiger partial charge >= 0.3 is 0 Å². The van der Waals surface area contributed by atoms with E-state index in [4.69, 9.17) is 0 Å². The average molecular weight is 378 g/mol. The van der Waals surface area contributed by atoms with Crippen LogP contribution in [0.5, 0.6) is 0 Å². The molecule has 0 bridgehead atoms. The Hall–Kier alpha value is -2.23. The van der Waals surface area contributed by atoms with Crippen molar-refractivity contribution in [3.63, 3.8) is 0 Å². The number of fused-ring (bicyclic) bond motifs is 1. The highest BCUT2D eigenvalue weighted by Crippen LogP contribution is 2.22. The van der Waals surface area contributed by atoms with E-state index in [-0.39, 0.29) is 10.5 Å². The van der Waals surface area contributed by atoms with Gasteiger partial charge in [0.1, 0.15) is 0 Å². The topological polar surface area (TPSA) is 83.8 Å². The van der Waals surface area contributed by atoms with Crippen LogP contribution in [0.15, 0.2) is 45.5 Å². The smallest absolute Gasteiger partial charge is 0.258 e. The van der Waals surface area contributed by atoms with Crippen LogP contribution >= 0.6 is 11.3 Å². The molecule has 0 aliphatic rings. The lowest BCUT2D eigenvalue weighted by molar-refractivity contribution is 0.520. The summed E-state index contributed by atoms with van der Waals surface area (Å²) in [5.74, 6) is 0. The minimum atomic E-state index is -3.51. The van der Waals surface area contributed by atoms with Crippen LogP contribution in [0.1, 0.15) is 11.3 Å². The minimum Gasteiger partial charge on any atom is -0.379 e. The van der Waals surface area contributed by atoms with E-state index < -0.39 is 10.0 Å². The van der Waals surface area contributed by atoms with Crippen molar-refractivity contribution in [3.8, 4) is 0 Å². The van der Waals surface area contributed by atoms with E-state index in [1.54, 1.807) is 36.7 Å². The van der Waals surface area contributed by atoms with Gasteiger partial charge in [0.05, 0.1) is 17.1 Å². The fourth-order valence-electron chi connectivity index (χ4n) is 2.36. The Morgan fingerprint density at radius 3 is 2.76 bits per heavy atom. The van der Waals surface area contributed by atoms with Crippen LogP contribution < -0.4 is 10.9 Å². The van der Waals surface area contributed by atoms with E-state index in [1.807, 2.05) is 0 Å². The Morgan fingerprint density at radius 1 is 1.28 bits per heavy atom. The molecule has 1 aromatic carbocycles. The molecule has 0 saturated heterocycles. The molecule has 1 N–H and O–H groups in total. The van der Waals surface area contributed by atoms with E-state index in [2.05, 4.69) is 10.3 Å². The van der Waals surface area contributed by atoms with Gasteiger partial charge in [-0.2, -0.15) is 0 Å². The molecule has 132 valence electrons. The molecule has 0 radical (unpaired) electrons. The van der Waals surface area contributed by atoms with Crippen LogP contribution in [0.2, 0.25) is 0 Å². The first-order valence-electron chi connectivity index (χ1n) is 7.52. The minimum absolute atomic E-state index is 0.136. The maximum atomic E-state index is 12.4. The van der Waals surface area contributed by atoms with Crippen molar-refractivity contribution in [2.75, 3.05) is 19.4 Å². The second kappa shape index (κ2) is 6.58. The fourth-order valence-corrected chi connectivity index (χ4v) is 4.24. The van der Waals surface area contributed by atoms with Gasteiger partial charge in [-0.3, -0.25) is 9.20 Å². The van der Waals surface area contributed by atoms with Gasteiger partial charge in [-0.15, -0.1) is 11.3 Å². The number of rotatable bonds is 5. The molecule has 25 heavy (non-hydrogen) atoms. The van der Waals surface area contributed by atoms with E-state index in [0.29, 0.717) is 28.5 Å². The SMILES string of the molecule is Cc1ccc(NCc2cc(=O)n3ccsc3n2)cc1S(=O)(=O)N(C)C. The number of benzene rings is 1. The molecule has 0 atom stereocenters. The van der Waals surface area contributed by atoms with Crippen LogP contribution in [-0.2, 0) is 16.6 Å². The molecule has 2 heterocycles. The number of hydrogen-bond donors (Lipinski definition) is 1. The van der Waals surface area contributed by atoms with Crippen molar-refractivity contribution >= 4 is 32.0 Å². The average Bonchev–Trinajstić information content (AvgIpc) is 3.03.